The molecule has 0 unspecified atom stereocenters. The molecule has 1 amide bonds. The number of hydrogen-bond donors (Lipinski definition) is 1. The average molecular weight is 429 g/mol. The van der Waals surface area contributed by atoms with Crippen LogP contribution in [0.25, 0.3) is 16.9 Å². The average Bonchev–Trinajstić information content (AvgIpc) is 3.40. The van der Waals surface area contributed by atoms with Gasteiger partial charge in [0, 0.05) is 37.0 Å². The number of nitrogens with zero attached hydrogens (tertiary/aromatic N) is 3. The number of hydrogen-bond acceptors (Lipinski definition) is 5. The van der Waals surface area contributed by atoms with Crippen molar-refractivity contribution in [2.24, 2.45) is 5.73 Å². The van der Waals surface area contributed by atoms with Gasteiger partial charge >= 0.3 is 0 Å². The van der Waals surface area contributed by atoms with E-state index < -0.39 is 0 Å². The molecule has 1 fully saturated rings. The minimum atomic E-state index is -0.0759. The number of amides is 1. The lowest BCUT2D eigenvalue weighted by molar-refractivity contribution is 0.0791. The Morgan fingerprint density at radius 2 is 1.90 bits per heavy atom. The fraction of sp³-hybridized carbons (Fsp3) is 0.273. The molecule has 1 atom stereocenters. The zero-order chi connectivity index (χ0) is 20.4. The smallest absolute Gasteiger partial charge is 0.257 e. The predicted molar refractivity (Wildman–Crippen MR) is 118 cm³/mol. The summed E-state index contributed by atoms with van der Waals surface area (Å²) < 4.78 is 12.6. The molecule has 0 radical (unpaired) electrons. The molecule has 1 aliphatic heterocycles. The first-order chi connectivity index (χ1) is 14.1. The monoisotopic (exact) mass is 428 g/mol. The largest absolute Gasteiger partial charge is 0.497 e. The molecule has 7 nitrogen and oxygen atoms in total. The SMILES string of the molecule is COc1ccc(-c2nn(-c3ccccc3)cc2C(=O)N2CC[C@@H](N)C2)c(OC)c1.Cl. The van der Waals surface area contributed by atoms with Crippen molar-refractivity contribution >= 4 is 18.3 Å². The third kappa shape index (κ3) is 4.13. The molecule has 1 saturated heterocycles. The van der Waals surface area contributed by atoms with E-state index in [2.05, 4.69) is 0 Å². The normalized spacial score (nSPS) is 15.6. The molecule has 8 heteroatoms. The van der Waals surface area contributed by atoms with E-state index in [1.807, 2.05) is 42.5 Å². The van der Waals surface area contributed by atoms with Gasteiger partial charge in [0.05, 0.1) is 25.5 Å². The van der Waals surface area contributed by atoms with E-state index in [1.54, 1.807) is 36.1 Å². The van der Waals surface area contributed by atoms with E-state index in [4.69, 9.17) is 20.3 Å². The number of carbonyl (C=O) groups excluding carboxylic acids is 1. The van der Waals surface area contributed by atoms with Gasteiger partial charge in [-0.2, -0.15) is 5.10 Å². The van der Waals surface area contributed by atoms with Crippen molar-refractivity contribution in [2.45, 2.75) is 12.5 Å². The molecule has 0 bridgehead atoms. The molecule has 30 heavy (non-hydrogen) atoms. The number of likely N-dealkylation sites (tertiary alicyclic amines) is 1. The minimum Gasteiger partial charge on any atom is -0.497 e. The Hall–Kier alpha value is -3.03. The number of aromatic nitrogens is 2. The highest BCUT2D eigenvalue weighted by atomic mass is 35.5. The second-order valence-corrected chi connectivity index (χ2v) is 7.04. The molecule has 2 heterocycles. The molecule has 4 rings (SSSR count). The fourth-order valence-electron chi connectivity index (χ4n) is 3.58. The Morgan fingerprint density at radius 1 is 1.13 bits per heavy atom. The molecule has 3 aromatic rings. The van der Waals surface area contributed by atoms with Crippen LogP contribution in [0.2, 0.25) is 0 Å². The summed E-state index contributed by atoms with van der Waals surface area (Å²) in [4.78, 5) is 15.1. The summed E-state index contributed by atoms with van der Waals surface area (Å²) in [6, 6.07) is 15.2. The van der Waals surface area contributed by atoms with Crippen LogP contribution in [0.15, 0.2) is 54.7 Å². The Labute approximate surface area is 181 Å². The summed E-state index contributed by atoms with van der Waals surface area (Å²) in [5.41, 5.74) is 8.71. The van der Waals surface area contributed by atoms with Gasteiger partial charge in [-0.05, 0) is 30.7 Å². The third-order valence-corrected chi connectivity index (χ3v) is 5.14. The maximum Gasteiger partial charge on any atom is 0.257 e. The van der Waals surface area contributed by atoms with Crippen LogP contribution in [-0.2, 0) is 0 Å². The molecule has 1 aliphatic rings. The minimum absolute atomic E-state index is 0. The number of nitrogens with two attached hydrogens (primary N) is 1. The van der Waals surface area contributed by atoms with E-state index in [1.165, 1.54) is 0 Å². The van der Waals surface area contributed by atoms with Gasteiger partial charge in [-0.15, -0.1) is 12.4 Å². The van der Waals surface area contributed by atoms with Crippen molar-refractivity contribution in [1.29, 1.82) is 0 Å². The fourth-order valence-corrected chi connectivity index (χ4v) is 3.58. The second kappa shape index (κ2) is 9.19. The van der Waals surface area contributed by atoms with Gasteiger partial charge in [0.1, 0.15) is 17.2 Å². The summed E-state index contributed by atoms with van der Waals surface area (Å²) >= 11 is 0. The van der Waals surface area contributed by atoms with Crippen molar-refractivity contribution < 1.29 is 14.3 Å². The number of halogens is 1. The number of rotatable bonds is 5. The van der Waals surface area contributed by atoms with Crippen LogP contribution >= 0.6 is 12.4 Å². The summed E-state index contributed by atoms with van der Waals surface area (Å²) in [6.07, 6.45) is 2.58. The highest BCUT2D eigenvalue weighted by molar-refractivity contribution is 6.00. The van der Waals surface area contributed by atoms with Crippen molar-refractivity contribution in [3.8, 4) is 28.4 Å². The third-order valence-electron chi connectivity index (χ3n) is 5.14. The van der Waals surface area contributed by atoms with Crippen LogP contribution in [-0.4, -0.2) is 53.9 Å². The highest BCUT2D eigenvalue weighted by Crippen LogP contribution is 2.35. The molecule has 0 aliphatic carbocycles. The zero-order valence-corrected chi connectivity index (χ0v) is 17.8. The number of para-hydroxylation sites is 1. The predicted octanol–water partition coefficient (Wildman–Crippen LogP) is 3.15. The van der Waals surface area contributed by atoms with Crippen molar-refractivity contribution in [3.05, 3.63) is 60.3 Å². The van der Waals surface area contributed by atoms with E-state index >= 15 is 0 Å². The quantitative estimate of drug-likeness (QED) is 0.675. The van der Waals surface area contributed by atoms with E-state index in [0.29, 0.717) is 35.8 Å². The first-order valence-corrected chi connectivity index (χ1v) is 9.53. The van der Waals surface area contributed by atoms with E-state index in [-0.39, 0.29) is 24.4 Å². The Morgan fingerprint density at radius 3 is 2.53 bits per heavy atom. The maximum atomic E-state index is 13.3. The number of carbonyl (C=O) groups is 1. The van der Waals surface area contributed by atoms with Gasteiger partial charge in [0.15, 0.2) is 0 Å². The van der Waals surface area contributed by atoms with Gasteiger partial charge in [-0.3, -0.25) is 4.79 Å². The standard InChI is InChI=1S/C22H24N4O3.ClH/c1-28-17-8-9-18(20(12-17)29-2)21-19(22(27)25-11-10-15(23)13-25)14-26(24-21)16-6-4-3-5-7-16;/h3-9,12,14-15H,10-11,13,23H2,1-2H3;1H/t15-;/m1./s1. The number of benzene rings is 2. The Balaban J connectivity index is 0.00000256. The second-order valence-electron chi connectivity index (χ2n) is 7.04. The molecule has 0 spiro atoms. The topological polar surface area (TPSA) is 82.6 Å². The van der Waals surface area contributed by atoms with Crippen LogP contribution in [0.4, 0.5) is 0 Å². The van der Waals surface area contributed by atoms with Crippen LogP contribution in [0.5, 0.6) is 11.5 Å². The summed E-state index contributed by atoms with van der Waals surface area (Å²) in [5, 5.41) is 4.74. The van der Waals surface area contributed by atoms with Gasteiger partial charge < -0.3 is 20.1 Å². The number of methoxy groups -OCH3 is 2. The van der Waals surface area contributed by atoms with Gasteiger partial charge in [-0.1, -0.05) is 18.2 Å². The van der Waals surface area contributed by atoms with Crippen LogP contribution in [0, 0.1) is 0 Å². The van der Waals surface area contributed by atoms with Crippen molar-refractivity contribution in [3.63, 3.8) is 0 Å². The molecule has 0 saturated carbocycles. The maximum absolute atomic E-state index is 13.3. The summed E-state index contributed by atoms with van der Waals surface area (Å²) in [7, 11) is 3.19. The zero-order valence-electron chi connectivity index (χ0n) is 16.9. The highest BCUT2D eigenvalue weighted by Gasteiger charge is 2.29. The molecule has 1 aromatic heterocycles. The van der Waals surface area contributed by atoms with Crippen LogP contribution < -0.4 is 15.2 Å². The van der Waals surface area contributed by atoms with Gasteiger partial charge in [0.2, 0.25) is 0 Å². The van der Waals surface area contributed by atoms with Gasteiger partial charge in [0.25, 0.3) is 5.91 Å². The first-order valence-electron chi connectivity index (χ1n) is 9.53. The summed E-state index contributed by atoms with van der Waals surface area (Å²) in [6.45, 7) is 1.20. The van der Waals surface area contributed by atoms with Crippen LogP contribution in [0.1, 0.15) is 16.8 Å². The number of ether oxygens (including phenoxy) is 2. The Bertz CT molecular complexity index is 1020. The molecule has 2 aromatic carbocycles. The van der Waals surface area contributed by atoms with Gasteiger partial charge in [-0.25, -0.2) is 4.68 Å². The lowest BCUT2D eigenvalue weighted by Gasteiger charge is -2.16. The lowest BCUT2D eigenvalue weighted by atomic mass is 10.1. The first kappa shape index (κ1) is 21.7. The molecular formula is C22H25ClN4O3. The van der Waals surface area contributed by atoms with Crippen LogP contribution in [0.3, 0.4) is 0 Å². The molecule has 2 N–H and O–H groups in total. The van der Waals surface area contributed by atoms with Crippen molar-refractivity contribution in [2.75, 3.05) is 27.3 Å². The lowest BCUT2D eigenvalue weighted by Crippen LogP contribution is -2.32. The molecule has 158 valence electrons. The Kier molecular flexibility index (Phi) is 6.64. The van der Waals surface area contributed by atoms with Crippen molar-refractivity contribution in [1.82, 2.24) is 14.7 Å². The van der Waals surface area contributed by atoms with E-state index in [9.17, 15) is 4.79 Å². The molecular weight excluding hydrogens is 404 g/mol. The van der Waals surface area contributed by atoms with E-state index in [0.717, 1.165) is 17.7 Å². The summed E-state index contributed by atoms with van der Waals surface area (Å²) in [5.74, 6) is 1.19.